The maximum atomic E-state index is 5.51. The highest BCUT2D eigenvalue weighted by Crippen LogP contribution is 2.28. The van der Waals surface area contributed by atoms with Crippen molar-refractivity contribution in [1.29, 1.82) is 0 Å². The standard InChI is InChI=1S/C24H31N5O/c1-30-24-14-8-7-13-23(24)28-18-16-27(17-19-28)15-9-3-4-10-21-20-29(26-25-21)22-11-5-2-6-12-22/h2,5-8,11-14,20H,3-4,9-10,15-19H2,1H3. The molecule has 1 aliphatic heterocycles. The number of aromatic nitrogens is 3. The first kappa shape index (κ1) is 20.4. The van der Waals surface area contributed by atoms with Gasteiger partial charge < -0.3 is 9.64 Å². The predicted octanol–water partition coefficient (Wildman–Crippen LogP) is 3.81. The number of piperazine rings is 1. The summed E-state index contributed by atoms with van der Waals surface area (Å²) >= 11 is 0. The Kier molecular flexibility index (Phi) is 6.98. The maximum Gasteiger partial charge on any atom is 0.142 e. The topological polar surface area (TPSA) is 46.4 Å². The molecule has 0 saturated carbocycles. The molecule has 1 aliphatic rings. The third-order valence-corrected chi connectivity index (χ3v) is 5.77. The summed E-state index contributed by atoms with van der Waals surface area (Å²) in [5.41, 5.74) is 3.34. The molecule has 4 rings (SSSR count). The molecule has 0 amide bonds. The SMILES string of the molecule is COc1ccccc1N1CCN(CCCCCc2cn(-c3ccccc3)nn2)CC1. The van der Waals surface area contributed by atoms with Gasteiger partial charge in [-0.2, -0.15) is 0 Å². The summed E-state index contributed by atoms with van der Waals surface area (Å²) in [7, 11) is 1.75. The molecule has 1 aromatic heterocycles. The zero-order valence-corrected chi connectivity index (χ0v) is 17.8. The van der Waals surface area contributed by atoms with Crippen molar-refractivity contribution in [3.8, 4) is 11.4 Å². The van der Waals surface area contributed by atoms with Crippen LogP contribution in [0.15, 0.2) is 60.8 Å². The summed E-state index contributed by atoms with van der Waals surface area (Å²) in [4.78, 5) is 5.02. The molecule has 6 nitrogen and oxygen atoms in total. The van der Waals surface area contributed by atoms with E-state index in [4.69, 9.17) is 4.74 Å². The maximum absolute atomic E-state index is 5.51. The summed E-state index contributed by atoms with van der Waals surface area (Å²) in [5, 5.41) is 8.57. The second-order valence-electron chi connectivity index (χ2n) is 7.80. The number of hydrogen-bond acceptors (Lipinski definition) is 5. The van der Waals surface area contributed by atoms with Crippen molar-refractivity contribution in [1.82, 2.24) is 19.9 Å². The van der Waals surface area contributed by atoms with Crippen LogP contribution in [-0.2, 0) is 6.42 Å². The summed E-state index contributed by atoms with van der Waals surface area (Å²) in [5.74, 6) is 0.968. The molecule has 3 aromatic rings. The lowest BCUT2D eigenvalue weighted by Crippen LogP contribution is -2.46. The van der Waals surface area contributed by atoms with Crippen LogP contribution in [0.25, 0.3) is 5.69 Å². The Morgan fingerprint density at radius 2 is 1.63 bits per heavy atom. The summed E-state index contributed by atoms with van der Waals surface area (Å²) in [6.45, 7) is 5.52. The molecule has 6 heteroatoms. The van der Waals surface area contributed by atoms with Gasteiger partial charge in [0.25, 0.3) is 0 Å². The van der Waals surface area contributed by atoms with Crippen LogP contribution in [0.1, 0.15) is 25.0 Å². The Bertz CT molecular complexity index is 903. The van der Waals surface area contributed by atoms with E-state index in [0.29, 0.717) is 0 Å². The van der Waals surface area contributed by atoms with E-state index in [0.717, 1.165) is 56.2 Å². The summed E-state index contributed by atoms with van der Waals surface area (Å²) in [6, 6.07) is 18.5. The van der Waals surface area contributed by atoms with Gasteiger partial charge in [0, 0.05) is 26.2 Å². The van der Waals surface area contributed by atoms with E-state index in [2.05, 4.69) is 32.2 Å². The predicted molar refractivity (Wildman–Crippen MR) is 121 cm³/mol. The Labute approximate surface area is 179 Å². The third kappa shape index (κ3) is 5.19. The molecule has 1 saturated heterocycles. The van der Waals surface area contributed by atoms with Crippen molar-refractivity contribution < 1.29 is 4.74 Å². The lowest BCUT2D eigenvalue weighted by Gasteiger charge is -2.36. The average Bonchev–Trinajstić information content (AvgIpc) is 3.29. The fourth-order valence-corrected chi connectivity index (χ4v) is 4.04. The number of benzene rings is 2. The first-order valence-corrected chi connectivity index (χ1v) is 10.9. The molecule has 0 aliphatic carbocycles. The minimum Gasteiger partial charge on any atom is -0.495 e. The quantitative estimate of drug-likeness (QED) is 0.507. The van der Waals surface area contributed by atoms with E-state index in [1.807, 2.05) is 53.3 Å². The highest BCUT2D eigenvalue weighted by molar-refractivity contribution is 5.58. The minimum atomic E-state index is 0.968. The fraction of sp³-hybridized carbons (Fsp3) is 0.417. The molecular weight excluding hydrogens is 374 g/mol. The smallest absolute Gasteiger partial charge is 0.142 e. The van der Waals surface area contributed by atoms with Gasteiger partial charge in [0.2, 0.25) is 0 Å². The van der Waals surface area contributed by atoms with E-state index >= 15 is 0 Å². The molecule has 2 heterocycles. The number of nitrogens with zero attached hydrogens (tertiary/aromatic N) is 5. The van der Waals surface area contributed by atoms with Gasteiger partial charge >= 0.3 is 0 Å². The number of unbranched alkanes of at least 4 members (excludes halogenated alkanes) is 2. The molecule has 0 N–H and O–H groups in total. The van der Waals surface area contributed by atoms with Gasteiger partial charge in [-0.3, -0.25) is 4.90 Å². The Balaban J connectivity index is 1.14. The van der Waals surface area contributed by atoms with Gasteiger partial charge in [0.15, 0.2) is 0 Å². The fourth-order valence-electron chi connectivity index (χ4n) is 4.04. The summed E-state index contributed by atoms with van der Waals surface area (Å²) < 4.78 is 7.37. The molecular formula is C24H31N5O. The normalized spacial score (nSPS) is 14.8. The van der Waals surface area contributed by atoms with E-state index in [9.17, 15) is 0 Å². The number of para-hydroxylation sites is 3. The van der Waals surface area contributed by atoms with E-state index in [1.165, 1.54) is 25.1 Å². The second kappa shape index (κ2) is 10.3. The van der Waals surface area contributed by atoms with Crippen molar-refractivity contribution in [3.63, 3.8) is 0 Å². The number of rotatable bonds is 9. The van der Waals surface area contributed by atoms with Crippen LogP contribution in [-0.4, -0.2) is 59.7 Å². The average molecular weight is 406 g/mol. The van der Waals surface area contributed by atoms with Crippen LogP contribution in [0.3, 0.4) is 0 Å². The number of hydrogen-bond donors (Lipinski definition) is 0. The number of anilines is 1. The molecule has 0 bridgehead atoms. The van der Waals surface area contributed by atoms with Crippen LogP contribution >= 0.6 is 0 Å². The Morgan fingerprint density at radius 3 is 2.43 bits per heavy atom. The first-order valence-electron chi connectivity index (χ1n) is 10.9. The molecule has 0 unspecified atom stereocenters. The van der Waals surface area contributed by atoms with Crippen molar-refractivity contribution in [2.45, 2.75) is 25.7 Å². The van der Waals surface area contributed by atoms with Crippen LogP contribution in [0.2, 0.25) is 0 Å². The monoisotopic (exact) mass is 405 g/mol. The Morgan fingerprint density at radius 1 is 0.867 bits per heavy atom. The van der Waals surface area contributed by atoms with Gasteiger partial charge in [0.05, 0.1) is 30.4 Å². The van der Waals surface area contributed by atoms with Crippen LogP contribution < -0.4 is 9.64 Å². The molecule has 0 atom stereocenters. The first-order chi connectivity index (χ1) is 14.8. The second-order valence-corrected chi connectivity index (χ2v) is 7.80. The van der Waals surface area contributed by atoms with Crippen molar-refractivity contribution in [2.24, 2.45) is 0 Å². The number of methoxy groups -OCH3 is 1. The zero-order valence-electron chi connectivity index (χ0n) is 17.8. The molecule has 30 heavy (non-hydrogen) atoms. The van der Waals surface area contributed by atoms with Gasteiger partial charge in [-0.25, -0.2) is 4.68 Å². The van der Waals surface area contributed by atoms with E-state index in [1.54, 1.807) is 7.11 Å². The van der Waals surface area contributed by atoms with Crippen LogP contribution in [0, 0.1) is 0 Å². The summed E-state index contributed by atoms with van der Waals surface area (Å²) in [6.07, 6.45) is 6.67. The zero-order chi connectivity index (χ0) is 20.6. The van der Waals surface area contributed by atoms with Crippen LogP contribution in [0.5, 0.6) is 5.75 Å². The highest BCUT2D eigenvalue weighted by Gasteiger charge is 2.19. The van der Waals surface area contributed by atoms with Gasteiger partial charge in [-0.15, -0.1) is 5.10 Å². The van der Waals surface area contributed by atoms with E-state index in [-0.39, 0.29) is 0 Å². The van der Waals surface area contributed by atoms with E-state index < -0.39 is 0 Å². The van der Waals surface area contributed by atoms with Crippen molar-refractivity contribution >= 4 is 5.69 Å². The Hall–Kier alpha value is -2.86. The lowest BCUT2D eigenvalue weighted by atomic mass is 10.1. The lowest BCUT2D eigenvalue weighted by molar-refractivity contribution is 0.251. The number of aryl methyl sites for hydroxylation is 1. The molecule has 0 radical (unpaired) electrons. The molecule has 2 aromatic carbocycles. The van der Waals surface area contributed by atoms with Gasteiger partial charge in [-0.1, -0.05) is 42.0 Å². The largest absolute Gasteiger partial charge is 0.495 e. The van der Waals surface area contributed by atoms with Crippen molar-refractivity contribution in [3.05, 3.63) is 66.5 Å². The van der Waals surface area contributed by atoms with Crippen molar-refractivity contribution in [2.75, 3.05) is 44.7 Å². The highest BCUT2D eigenvalue weighted by atomic mass is 16.5. The third-order valence-electron chi connectivity index (χ3n) is 5.77. The van der Waals surface area contributed by atoms with Crippen LogP contribution in [0.4, 0.5) is 5.69 Å². The van der Waals surface area contributed by atoms with Gasteiger partial charge in [-0.05, 0) is 50.1 Å². The number of ether oxygens (including phenoxy) is 1. The molecule has 158 valence electrons. The minimum absolute atomic E-state index is 0.968. The molecule has 1 fully saturated rings. The molecule has 0 spiro atoms. The van der Waals surface area contributed by atoms with Gasteiger partial charge in [0.1, 0.15) is 5.75 Å².